The van der Waals surface area contributed by atoms with Crippen LogP contribution >= 0.6 is 27.3 Å². The summed E-state index contributed by atoms with van der Waals surface area (Å²) in [4.78, 5) is 4.28. The van der Waals surface area contributed by atoms with Gasteiger partial charge in [-0.05, 0) is 24.6 Å². The fourth-order valence-corrected chi connectivity index (χ4v) is 2.40. The fourth-order valence-electron chi connectivity index (χ4n) is 1.40. The highest BCUT2D eigenvalue weighted by atomic mass is 79.9. The van der Waals surface area contributed by atoms with Crippen molar-refractivity contribution < 1.29 is 9.13 Å². The van der Waals surface area contributed by atoms with E-state index in [2.05, 4.69) is 20.9 Å². The van der Waals surface area contributed by atoms with Crippen LogP contribution < -0.4 is 4.74 Å². The third-order valence-electron chi connectivity index (χ3n) is 2.11. The molecule has 0 aliphatic carbocycles. The second kappa shape index (κ2) is 5.60. The van der Waals surface area contributed by atoms with Gasteiger partial charge in [0.25, 0.3) is 0 Å². The summed E-state index contributed by atoms with van der Waals surface area (Å²) in [6.07, 6.45) is 0. The van der Waals surface area contributed by atoms with Gasteiger partial charge in [0, 0.05) is 22.5 Å². The normalized spacial score (nSPS) is 10.5. The molecular weight excluding hydrogens is 305 g/mol. The molecule has 0 radical (unpaired) electrons. The second-order valence-corrected chi connectivity index (χ2v) is 5.10. The summed E-state index contributed by atoms with van der Waals surface area (Å²) in [5.74, 6) is 0.250. The molecule has 2 nitrogen and oxygen atoms in total. The first-order valence-electron chi connectivity index (χ1n) is 5.06. The van der Waals surface area contributed by atoms with E-state index in [1.54, 1.807) is 11.3 Å². The van der Waals surface area contributed by atoms with E-state index in [-0.39, 0.29) is 5.82 Å². The smallest absolute Gasteiger partial charge is 0.140 e. The zero-order valence-electron chi connectivity index (χ0n) is 9.24. The molecule has 1 aromatic carbocycles. The van der Waals surface area contributed by atoms with Crippen molar-refractivity contribution in [2.45, 2.75) is 18.9 Å². The van der Waals surface area contributed by atoms with Gasteiger partial charge in [0.15, 0.2) is 0 Å². The van der Waals surface area contributed by atoms with Crippen molar-refractivity contribution in [1.29, 1.82) is 0 Å². The van der Waals surface area contributed by atoms with E-state index in [1.165, 1.54) is 12.1 Å². The topological polar surface area (TPSA) is 22.1 Å². The summed E-state index contributed by atoms with van der Waals surface area (Å²) in [7, 11) is 0. The first kappa shape index (κ1) is 12.5. The van der Waals surface area contributed by atoms with Crippen LogP contribution in [0.1, 0.15) is 16.3 Å². The van der Waals surface area contributed by atoms with Gasteiger partial charge < -0.3 is 4.74 Å². The number of halogens is 2. The molecule has 0 atom stereocenters. The standard InChI is InChI=1S/C12H11BrFNOS/c1-8-7-17-12(15-8)6-16-11-3-9(5-13)2-10(14)4-11/h2-4,7H,5-6H2,1H3. The van der Waals surface area contributed by atoms with E-state index in [9.17, 15) is 4.39 Å². The number of rotatable bonds is 4. The molecule has 17 heavy (non-hydrogen) atoms. The highest BCUT2D eigenvalue weighted by Gasteiger charge is 2.03. The molecule has 0 N–H and O–H groups in total. The lowest BCUT2D eigenvalue weighted by Gasteiger charge is -2.06. The maximum atomic E-state index is 13.2. The summed E-state index contributed by atoms with van der Waals surface area (Å²) < 4.78 is 18.7. The van der Waals surface area contributed by atoms with Crippen molar-refractivity contribution in [3.63, 3.8) is 0 Å². The molecule has 0 saturated heterocycles. The molecule has 0 bridgehead atoms. The van der Waals surface area contributed by atoms with Crippen LogP contribution in [0.25, 0.3) is 0 Å². The number of hydrogen-bond donors (Lipinski definition) is 0. The molecule has 0 fully saturated rings. The summed E-state index contributed by atoms with van der Waals surface area (Å²) in [6.45, 7) is 2.31. The molecule has 2 rings (SSSR count). The molecule has 0 amide bonds. The minimum Gasteiger partial charge on any atom is -0.486 e. The Hall–Kier alpha value is -0.940. The number of hydrogen-bond acceptors (Lipinski definition) is 3. The fraction of sp³-hybridized carbons (Fsp3) is 0.250. The Balaban J connectivity index is 2.05. The number of alkyl halides is 1. The average molecular weight is 316 g/mol. The Morgan fingerprint density at radius 1 is 1.41 bits per heavy atom. The largest absolute Gasteiger partial charge is 0.486 e. The van der Waals surface area contributed by atoms with Crippen molar-refractivity contribution >= 4 is 27.3 Å². The number of aromatic nitrogens is 1. The van der Waals surface area contributed by atoms with Gasteiger partial charge in [0.1, 0.15) is 23.2 Å². The van der Waals surface area contributed by atoms with Gasteiger partial charge in [-0.3, -0.25) is 0 Å². The Morgan fingerprint density at radius 2 is 2.24 bits per heavy atom. The molecule has 0 unspecified atom stereocenters. The van der Waals surface area contributed by atoms with Gasteiger partial charge in [-0.1, -0.05) is 15.9 Å². The van der Waals surface area contributed by atoms with Gasteiger partial charge in [-0.2, -0.15) is 0 Å². The maximum absolute atomic E-state index is 13.2. The predicted molar refractivity (Wildman–Crippen MR) is 70.2 cm³/mol. The molecule has 1 aromatic heterocycles. The van der Waals surface area contributed by atoms with E-state index in [1.807, 2.05) is 18.4 Å². The SMILES string of the molecule is Cc1csc(COc2cc(F)cc(CBr)c2)n1. The molecule has 1 heterocycles. The first-order valence-corrected chi connectivity index (χ1v) is 7.07. The van der Waals surface area contributed by atoms with Gasteiger partial charge in [-0.15, -0.1) is 11.3 Å². The third-order valence-corrected chi connectivity index (χ3v) is 3.70. The summed E-state index contributed by atoms with van der Waals surface area (Å²) >= 11 is 4.84. The lowest BCUT2D eigenvalue weighted by molar-refractivity contribution is 0.303. The maximum Gasteiger partial charge on any atom is 0.140 e. The molecular formula is C12H11BrFNOS. The molecule has 90 valence electrons. The van der Waals surface area contributed by atoms with Crippen LogP contribution in [0.4, 0.5) is 4.39 Å². The highest BCUT2D eigenvalue weighted by molar-refractivity contribution is 9.08. The summed E-state index contributed by atoms with van der Waals surface area (Å²) in [6, 6.07) is 4.68. The van der Waals surface area contributed by atoms with Crippen LogP contribution in [-0.2, 0) is 11.9 Å². The Labute approximate surface area is 112 Å². The van der Waals surface area contributed by atoms with Crippen molar-refractivity contribution in [2.24, 2.45) is 0 Å². The van der Waals surface area contributed by atoms with E-state index < -0.39 is 0 Å². The minimum absolute atomic E-state index is 0.285. The number of ether oxygens (including phenoxy) is 1. The number of aryl methyl sites for hydroxylation is 1. The first-order chi connectivity index (χ1) is 8.17. The monoisotopic (exact) mass is 315 g/mol. The third kappa shape index (κ3) is 3.51. The quantitative estimate of drug-likeness (QED) is 0.794. The van der Waals surface area contributed by atoms with E-state index in [0.29, 0.717) is 17.7 Å². The van der Waals surface area contributed by atoms with Gasteiger partial charge in [-0.25, -0.2) is 9.37 Å². The van der Waals surface area contributed by atoms with Crippen LogP contribution in [0, 0.1) is 12.7 Å². The lowest BCUT2D eigenvalue weighted by atomic mass is 10.2. The van der Waals surface area contributed by atoms with Crippen molar-refractivity contribution in [1.82, 2.24) is 4.98 Å². The molecule has 0 saturated carbocycles. The van der Waals surface area contributed by atoms with Crippen molar-refractivity contribution in [3.8, 4) is 5.75 Å². The van der Waals surface area contributed by atoms with Gasteiger partial charge in [0.05, 0.1) is 0 Å². The van der Waals surface area contributed by atoms with Gasteiger partial charge in [0.2, 0.25) is 0 Å². The van der Waals surface area contributed by atoms with Crippen LogP contribution in [-0.4, -0.2) is 4.98 Å². The number of thiazole rings is 1. The van der Waals surface area contributed by atoms with Crippen molar-refractivity contribution in [2.75, 3.05) is 0 Å². The van der Waals surface area contributed by atoms with Crippen LogP contribution in [0.3, 0.4) is 0 Å². The molecule has 0 aliphatic heterocycles. The van der Waals surface area contributed by atoms with E-state index >= 15 is 0 Å². The average Bonchev–Trinajstić information content (AvgIpc) is 2.72. The Kier molecular flexibility index (Phi) is 4.12. The number of nitrogens with zero attached hydrogens (tertiary/aromatic N) is 1. The Bertz CT molecular complexity index is 515. The lowest BCUT2D eigenvalue weighted by Crippen LogP contribution is -1.96. The molecule has 0 spiro atoms. The summed E-state index contributed by atoms with van der Waals surface area (Å²) in [5.41, 5.74) is 1.84. The zero-order valence-corrected chi connectivity index (χ0v) is 11.6. The number of benzene rings is 1. The predicted octanol–water partition coefficient (Wildman–Crippen LogP) is 4.06. The molecule has 0 aliphatic rings. The van der Waals surface area contributed by atoms with Crippen LogP contribution in [0.15, 0.2) is 23.6 Å². The van der Waals surface area contributed by atoms with Crippen molar-refractivity contribution in [3.05, 3.63) is 45.7 Å². The van der Waals surface area contributed by atoms with E-state index in [0.717, 1.165) is 16.3 Å². The minimum atomic E-state index is -0.285. The van der Waals surface area contributed by atoms with Crippen LogP contribution in [0.2, 0.25) is 0 Å². The second-order valence-electron chi connectivity index (χ2n) is 3.60. The zero-order chi connectivity index (χ0) is 12.3. The van der Waals surface area contributed by atoms with Crippen LogP contribution in [0.5, 0.6) is 5.75 Å². The molecule has 2 aromatic rings. The van der Waals surface area contributed by atoms with Gasteiger partial charge >= 0.3 is 0 Å². The van der Waals surface area contributed by atoms with E-state index in [4.69, 9.17) is 4.74 Å². The summed E-state index contributed by atoms with van der Waals surface area (Å²) in [5, 5.41) is 3.47. The highest BCUT2D eigenvalue weighted by Crippen LogP contribution is 2.20. The molecule has 5 heteroatoms. The Morgan fingerprint density at radius 3 is 2.88 bits per heavy atom.